The van der Waals surface area contributed by atoms with Crippen LogP contribution in [0.2, 0.25) is 0 Å². The van der Waals surface area contributed by atoms with Gasteiger partial charge >= 0.3 is 5.97 Å². The average Bonchev–Trinajstić information content (AvgIpc) is 2.47. The zero-order chi connectivity index (χ0) is 16.3. The molecule has 1 fully saturated rings. The maximum absolute atomic E-state index is 12.0. The van der Waals surface area contributed by atoms with Crippen LogP contribution in [0.5, 0.6) is 0 Å². The van der Waals surface area contributed by atoms with E-state index in [0.29, 0.717) is 18.4 Å². The van der Waals surface area contributed by atoms with Gasteiger partial charge in [0, 0.05) is 37.8 Å². The quantitative estimate of drug-likeness (QED) is 0.776. The van der Waals surface area contributed by atoms with E-state index in [1.54, 1.807) is 0 Å². The van der Waals surface area contributed by atoms with E-state index in [4.69, 9.17) is 4.74 Å². The standard InChI is InChI=1S/C19H29NO2.ClH/c1-6-18(21)22-19(11-16(4)20(5)13-15(19)3)12-17-9-7-14(2)8-10-17;/h7-10,15-16H,6,11-13H2,1-5H3;1H. The van der Waals surface area contributed by atoms with Crippen molar-refractivity contribution in [2.45, 2.75) is 58.6 Å². The summed E-state index contributed by atoms with van der Waals surface area (Å²) >= 11 is 0. The SMILES string of the molecule is CCC(=O)OC1(Cc2ccc(C)cc2)CC(C)N(C)CC1C.Cl. The fourth-order valence-corrected chi connectivity index (χ4v) is 3.41. The van der Waals surface area contributed by atoms with Gasteiger partial charge in [-0.15, -0.1) is 12.4 Å². The molecule has 0 aromatic heterocycles. The Bertz CT molecular complexity index is 517. The number of ether oxygens (including phenoxy) is 1. The fraction of sp³-hybridized carbons (Fsp3) is 0.632. The lowest BCUT2D eigenvalue weighted by atomic mass is 9.75. The van der Waals surface area contributed by atoms with E-state index in [2.05, 4.69) is 57.0 Å². The van der Waals surface area contributed by atoms with Crippen LogP contribution >= 0.6 is 12.4 Å². The molecule has 3 nitrogen and oxygen atoms in total. The van der Waals surface area contributed by atoms with Crippen molar-refractivity contribution >= 4 is 18.4 Å². The lowest BCUT2D eigenvalue weighted by Crippen LogP contribution is -2.56. The number of aryl methyl sites for hydroxylation is 1. The average molecular weight is 340 g/mol. The zero-order valence-corrected chi connectivity index (χ0v) is 15.8. The number of piperidine rings is 1. The van der Waals surface area contributed by atoms with E-state index in [1.807, 2.05) is 6.92 Å². The van der Waals surface area contributed by atoms with Gasteiger partial charge in [-0.3, -0.25) is 4.79 Å². The molecule has 1 aromatic rings. The highest BCUT2D eigenvalue weighted by molar-refractivity contribution is 5.85. The van der Waals surface area contributed by atoms with Crippen LogP contribution in [0.3, 0.4) is 0 Å². The summed E-state index contributed by atoms with van der Waals surface area (Å²) in [6, 6.07) is 9.01. The Balaban J connectivity index is 0.00000264. The summed E-state index contributed by atoms with van der Waals surface area (Å²) in [6.07, 6.45) is 2.13. The molecule has 0 aliphatic carbocycles. The summed E-state index contributed by atoms with van der Waals surface area (Å²) < 4.78 is 6.03. The predicted molar refractivity (Wildman–Crippen MR) is 97.1 cm³/mol. The predicted octanol–water partition coefficient (Wildman–Crippen LogP) is 4.01. The first-order valence-corrected chi connectivity index (χ1v) is 8.34. The molecule has 0 spiro atoms. The molecule has 0 N–H and O–H groups in total. The molecule has 1 heterocycles. The van der Waals surface area contributed by atoms with Gasteiger partial charge in [-0.05, 0) is 26.5 Å². The Morgan fingerprint density at radius 2 is 1.91 bits per heavy atom. The van der Waals surface area contributed by atoms with Gasteiger partial charge in [-0.25, -0.2) is 0 Å². The summed E-state index contributed by atoms with van der Waals surface area (Å²) in [7, 11) is 2.15. The van der Waals surface area contributed by atoms with Crippen molar-refractivity contribution in [1.29, 1.82) is 0 Å². The third-order valence-corrected chi connectivity index (χ3v) is 5.08. The second kappa shape index (κ2) is 8.16. The number of rotatable bonds is 4. The highest BCUT2D eigenvalue weighted by Crippen LogP contribution is 2.37. The molecule has 1 aromatic carbocycles. The van der Waals surface area contributed by atoms with E-state index in [1.165, 1.54) is 11.1 Å². The van der Waals surface area contributed by atoms with Gasteiger partial charge in [0.2, 0.25) is 0 Å². The van der Waals surface area contributed by atoms with E-state index in [9.17, 15) is 4.79 Å². The molecular formula is C19H30ClNO2. The number of hydrogen-bond acceptors (Lipinski definition) is 3. The third-order valence-electron chi connectivity index (χ3n) is 5.08. The van der Waals surface area contributed by atoms with Crippen LogP contribution in [0.1, 0.15) is 44.7 Å². The van der Waals surface area contributed by atoms with Gasteiger partial charge in [0.25, 0.3) is 0 Å². The Kier molecular flexibility index (Phi) is 7.09. The monoisotopic (exact) mass is 339 g/mol. The van der Waals surface area contributed by atoms with Crippen molar-refractivity contribution in [3.63, 3.8) is 0 Å². The van der Waals surface area contributed by atoms with Gasteiger partial charge in [0.05, 0.1) is 0 Å². The minimum absolute atomic E-state index is 0. The third kappa shape index (κ3) is 4.71. The Morgan fingerprint density at radius 3 is 2.48 bits per heavy atom. The molecule has 1 saturated heterocycles. The maximum Gasteiger partial charge on any atom is 0.306 e. The number of carbonyl (C=O) groups is 1. The lowest BCUT2D eigenvalue weighted by Gasteiger charge is -2.48. The Hall–Kier alpha value is -1.06. The molecule has 1 aliphatic rings. The first-order valence-electron chi connectivity index (χ1n) is 8.34. The molecule has 2 rings (SSSR count). The molecule has 0 bridgehead atoms. The van der Waals surface area contributed by atoms with E-state index in [0.717, 1.165) is 19.4 Å². The normalized spacial score (nSPS) is 28.0. The maximum atomic E-state index is 12.0. The fourth-order valence-electron chi connectivity index (χ4n) is 3.41. The molecule has 3 unspecified atom stereocenters. The van der Waals surface area contributed by atoms with Crippen molar-refractivity contribution in [3.05, 3.63) is 35.4 Å². The van der Waals surface area contributed by atoms with Crippen LogP contribution in [-0.4, -0.2) is 36.1 Å². The second-order valence-corrected chi connectivity index (χ2v) is 6.95. The number of nitrogens with zero attached hydrogens (tertiary/aromatic N) is 1. The molecule has 0 saturated carbocycles. The summed E-state index contributed by atoms with van der Waals surface area (Å²) in [5.74, 6) is 0.237. The lowest BCUT2D eigenvalue weighted by molar-refractivity contribution is -0.174. The summed E-state index contributed by atoms with van der Waals surface area (Å²) in [4.78, 5) is 14.4. The smallest absolute Gasteiger partial charge is 0.306 e. The molecule has 0 amide bonds. The zero-order valence-electron chi connectivity index (χ0n) is 15.0. The van der Waals surface area contributed by atoms with Crippen molar-refractivity contribution in [1.82, 2.24) is 4.90 Å². The second-order valence-electron chi connectivity index (χ2n) is 6.95. The molecule has 4 heteroatoms. The van der Waals surface area contributed by atoms with Gasteiger partial charge < -0.3 is 9.64 Å². The largest absolute Gasteiger partial charge is 0.458 e. The first kappa shape index (κ1) is 20.0. The molecular weight excluding hydrogens is 310 g/mol. The van der Waals surface area contributed by atoms with Gasteiger partial charge in [0.15, 0.2) is 0 Å². The molecule has 3 atom stereocenters. The van der Waals surface area contributed by atoms with Crippen LogP contribution in [-0.2, 0) is 16.0 Å². The summed E-state index contributed by atoms with van der Waals surface area (Å²) in [5, 5.41) is 0. The van der Waals surface area contributed by atoms with E-state index >= 15 is 0 Å². The Morgan fingerprint density at radius 1 is 1.30 bits per heavy atom. The number of hydrogen-bond donors (Lipinski definition) is 0. The van der Waals surface area contributed by atoms with Crippen molar-refractivity contribution in [2.75, 3.05) is 13.6 Å². The number of benzene rings is 1. The highest BCUT2D eigenvalue weighted by Gasteiger charge is 2.45. The van der Waals surface area contributed by atoms with E-state index < -0.39 is 0 Å². The molecule has 1 aliphatic heterocycles. The van der Waals surface area contributed by atoms with Crippen molar-refractivity contribution in [2.24, 2.45) is 5.92 Å². The number of likely N-dealkylation sites (tertiary alicyclic amines) is 1. The minimum Gasteiger partial charge on any atom is -0.458 e. The van der Waals surface area contributed by atoms with Crippen LogP contribution in [0, 0.1) is 12.8 Å². The van der Waals surface area contributed by atoms with Crippen LogP contribution in [0.25, 0.3) is 0 Å². The molecule has 130 valence electrons. The van der Waals surface area contributed by atoms with Gasteiger partial charge in [-0.2, -0.15) is 0 Å². The van der Waals surface area contributed by atoms with Crippen molar-refractivity contribution in [3.8, 4) is 0 Å². The molecule has 23 heavy (non-hydrogen) atoms. The summed E-state index contributed by atoms with van der Waals surface area (Å²) in [5.41, 5.74) is 2.13. The number of esters is 1. The highest BCUT2D eigenvalue weighted by atomic mass is 35.5. The van der Waals surface area contributed by atoms with Gasteiger partial charge in [-0.1, -0.05) is 43.7 Å². The van der Waals surface area contributed by atoms with E-state index in [-0.39, 0.29) is 24.0 Å². The molecule has 0 radical (unpaired) electrons. The van der Waals surface area contributed by atoms with Crippen LogP contribution in [0.15, 0.2) is 24.3 Å². The number of halogens is 1. The first-order chi connectivity index (χ1) is 10.4. The van der Waals surface area contributed by atoms with Gasteiger partial charge in [0.1, 0.15) is 5.60 Å². The number of carbonyl (C=O) groups excluding carboxylic acids is 1. The van der Waals surface area contributed by atoms with Crippen molar-refractivity contribution < 1.29 is 9.53 Å². The summed E-state index contributed by atoms with van der Waals surface area (Å²) in [6.45, 7) is 9.35. The minimum atomic E-state index is -0.381. The van der Waals surface area contributed by atoms with Crippen LogP contribution in [0.4, 0.5) is 0 Å². The Labute approximate surface area is 146 Å². The van der Waals surface area contributed by atoms with Crippen LogP contribution < -0.4 is 0 Å². The topological polar surface area (TPSA) is 29.5 Å².